The highest BCUT2D eigenvalue weighted by Crippen LogP contribution is 2.35. The highest BCUT2D eigenvalue weighted by Gasteiger charge is 2.41. The Morgan fingerprint density at radius 3 is 3.04 bits per heavy atom. The van der Waals surface area contributed by atoms with Crippen molar-refractivity contribution in [2.45, 2.75) is 38.0 Å². The third-order valence-corrected chi connectivity index (χ3v) is 5.87. The van der Waals surface area contributed by atoms with Gasteiger partial charge in [0.25, 0.3) is 0 Å². The average molecular weight is 335 g/mol. The molecule has 25 heavy (non-hydrogen) atoms. The zero-order valence-corrected chi connectivity index (χ0v) is 14.8. The standard InChI is InChI=1S/C20H25N5/c1-23-19(15-25-8-3-7-22-25)11-18-14-24(9-6-20(18)23)13-17-5-2-4-16(10-17)12-21/h2-5,7-8,10,18-20H,6,9,11,13-15H2,1H3/t18-,19?,20+/m1/s1. The maximum Gasteiger partial charge on any atom is 0.0991 e. The molecule has 0 spiro atoms. The molecule has 130 valence electrons. The van der Waals surface area contributed by atoms with Gasteiger partial charge >= 0.3 is 0 Å². The lowest BCUT2D eigenvalue weighted by molar-refractivity contribution is 0.109. The molecule has 0 aliphatic carbocycles. The second kappa shape index (κ2) is 6.99. The van der Waals surface area contributed by atoms with Gasteiger partial charge in [-0.2, -0.15) is 10.4 Å². The second-order valence-corrected chi connectivity index (χ2v) is 7.45. The van der Waals surface area contributed by atoms with E-state index in [4.69, 9.17) is 5.26 Å². The third-order valence-electron chi connectivity index (χ3n) is 5.87. The van der Waals surface area contributed by atoms with E-state index in [0.29, 0.717) is 12.1 Å². The van der Waals surface area contributed by atoms with E-state index in [-0.39, 0.29) is 0 Å². The van der Waals surface area contributed by atoms with Crippen molar-refractivity contribution in [3.63, 3.8) is 0 Å². The van der Waals surface area contributed by atoms with Gasteiger partial charge in [-0.1, -0.05) is 12.1 Å². The summed E-state index contributed by atoms with van der Waals surface area (Å²) < 4.78 is 2.06. The minimum atomic E-state index is 0.580. The van der Waals surface area contributed by atoms with Crippen LogP contribution < -0.4 is 0 Å². The van der Waals surface area contributed by atoms with Crippen LogP contribution in [-0.4, -0.2) is 51.8 Å². The third kappa shape index (κ3) is 3.46. The van der Waals surface area contributed by atoms with Crippen molar-refractivity contribution in [3.8, 4) is 6.07 Å². The molecule has 5 nitrogen and oxygen atoms in total. The molecule has 3 atom stereocenters. The normalized spacial score (nSPS) is 27.1. The van der Waals surface area contributed by atoms with E-state index in [1.807, 2.05) is 30.5 Å². The molecule has 2 saturated heterocycles. The smallest absolute Gasteiger partial charge is 0.0991 e. The summed E-state index contributed by atoms with van der Waals surface area (Å²) in [6.45, 7) is 4.23. The molecule has 0 amide bonds. The Labute approximate surface area is 149 Å². The topological polar surface area (TPSA) is 48.1 Å². The van der Waals surface area contributed by atoms with Crippen molar-refractivity contribution in [1.82, 2.24) is 19.6 Å². The molecule has 2 aliphatic heterocycles. The summed E-state index contributed by atoms with van der Waals surface area (Å²) in [7, 11) is 2.28. The van der Waals surface area contributed by atoms with Gasteiger partial charge in [-0.05, 0) is 56.1 Å². The molecular formula is C20H25N5. The van der Waals surface area contributed by atoms with E-state index in [1.165, 1.54) is 18.4 Å². The molecule has 0 bridgehead atoms. The number of hydrogen-bond acceptors (Lipinski definition) is 4. The van der Waals surface area contributed by atoms with Crippen molar-refractivity contribution in [2.75, 3.05) is 20.1 Å². The van der Waals surface area contributed by atoms with E-state index in [1.54, 1.807) is 0 Å². The molecule has 2 fully saturated rings. The van der Waals surface area contributed by atoms with Crippen LogP contribution >= 0.6 is 0 Å². The summed E-state index contributed by atoms with van der Waals surface area (Å²) in [6.07, 6.45) is 6.40. The van der Waals surface area contributed by atoms with Crippen LogP contribution in [0, 0.1) is 17.2 Å². The van der Waals surface area contributed by atoms with E-state index in [0.717, 1.165) is 37.7 Å². The maximum atomic E-state index is 9.08. The van der Waals surface area contributed by atoms with Gasteiger partial charge in [-0.3, -0.25) is 14.5 Å². The van der Waals surface area contributed by atoms with Crippen molar-refractivity contribution in [3.05, 3.63) is 53.9 Å². The molecule has 1 aromatic heterocycles. The van der Waals surface area contributed by atoms with Crippen molar-refractivity contribution in [2.24, 2.45) is 5.92 Å². The van der Waals surface area contributed by atoms with Crippen LogP contribution in [0.5, 0.6) is 0 Å². The number of aromatic nitrogens is 2. The highest BCUT2D eigenvalue weighted by atomic mass is 15.3. The zero-order valence-electron chi connectivity index (χ0n) is 14.8. The minimum absolute atomic E-state index is 0.580. The van der Waals surface area contributed by atoms with Gasteiger partial charge < -0.3 is 0 Å². The van der Waals surface area contributed by atoms with Gasteiger partial charge in [-0.25, -0.2) is 0 Å². The Kier molecular flexibility index (Phi) is 4.56. The molecule has 3 heterocycles. The van der Waals surface area contributed by atoms with Crippen LogP contribution in [0.25, 0.3) is 0 Å². The maximum absolute atomic E-state index is 9.08. The van der Waals surface area contributed by atoms with Crippen molar-refractivity contribution < 1.29 is 0 Å². The van der Waals surface area contributed by atoms with Gasteiger partial charge in [0.2, 0.25) is 0 Å². The first-order chi connectivity index (χ1) is 12.2. The first kappa shape index (κ1) is 16.3. The summed E-state index contributed by atoms with van der Waals surface area (Å²) >= 11 is 0. The predicted octanol–water partition coefficient (Wildman–Crippen LogP) is 2.35. The lowest BCUT2D eigenvalue weighted by atomic mass is 9.92. The summed E-state index contributed by atoms with van der Waals surface area (Å²) in [5.41, 5.74) is 2.00. The fourth-order valence-electron chi connectivity index (χ4n) is 4.62. The average Bonchev–Trinajstić information content (AvgIpc) is 3.24. The number of likely N-dealkylation sites (tertiary alicyclic amines) is 2. The Morgan fingerprint density at radius 1 is 1.32 bits per heavy atom. The van der Waals surface area contributed by atoms with Crippen LogP contribution in [0.2, 0.25) is 0 Å². The number of benzene rings is 1. The first-order valence-electron chi connectivity index (χ1n) is 9.13. The molecule has 5 heteroatoms. The largest absolute Gasteiger partial charge is 0.299 e. The molecule has 0 N–H and O–H groups in total. The van der Waals surface area contributed by atoms with Gasteiger partial charge in [0.15, 0.2) is 0 Å². The quantitative estimate of drug-likeness (QED) is 0.860. The van der Waals surface area contributed by atoms with Gasteiger partial charge in [-0.15, -0.1) is 0 Å². The number of hydrogen-bond donors (Lipinski definition) is 0. The predicted molar refractivity (Wildman–Crippen MR) is 96.7 cm³/mol. The first-order valence-corrected chi connectivity index (χ1v) is 9.13. The summed E-state index contributed by atoms with van der Waals surface area (Å²) in [5.74, 6) is 0.735. The lowest BCUT2D eigenvalue weighted by Gasteiger charge is -2.37. The number of rotatable bonds is 4. The minimum Gasteiger partial charge on any atom is -0.299 e. The monoisotopic (exact) mass is 335 g/mol. The van der Waals surface area contributed by atoms with Crippen LogP contribution in [0.1, 0.15) is 24.0 Å². The molecular weight excluding hydrogens is 310 g/mol. The van der Waals surface area contributed by atoms with Crippen molar-refractivity contribution >= 4 is 0 Å². The van der Waals surface area contributed by atoms with E-state index < -0.39 is 0 Å². The van der Waals surface area contributed by atoms with Crippen LogP contribution in [0.15, 0.2) is 42.7 Å². The molecule has 0 saturated carbocycles. The number of nitriles is 1. The second-order valence-electron chi connectivity index (χ2n) is 7.45. The number of nitrogens with zero attached hydrogens (tertiary/aromatic N) is 5. The summed E-state index contributed by atoms with van der Waals surface area (Å²) in [5, 5.41) is 13.5. The van der Waals surface area contributed by atoms with Crippen LogP contribution in [-0.2, 0) is 13.1 Å². The summed E-state index contributed by atoms with van der Waals surface area (Å²) in [4.78, 5) is 5.14. The lowest BCUT2D eigenvalue weighted by Crippen LogP contribution is -2.45. The number of likely N-dealkylation sites (N-methyl/N-ethyl adjacent to an activating group) is 1. The van der Waals surface area contributed by atoms with Gasteiger partial charge in [0.05, 0.1) is 18.2 Å². The van der Waals surface area contributed by atoms with Gasteiger partial charge in [0, 0.05) is 37.6 Å². The fourth-order valence-corrected chi connectivity index (χ4v) is 4.62. The molecule has 1 unspecified atom stereocenters. The SMILES string of the molecule is CN1C(Cn2cccn2)C[C@@H]2CN(Cc3cccc(C#N)c3)CC[C@@H]21. The highest BCUT2D eigenvalue weighted by molar-refractivity contribution is 5.32. The zero-order chi connectivity index (χ0) is 17.2. The summed E-state index contributed by atoms with van der Waals surface area (Å²) in [6, 6.07) is 13.5. The fraction of sp³-hybridized carbons (Fsp3) is 0.500. The molecule has 1 aromatic carbocycles. The molecule has 4 rings (SSSR count). The Hall–Kier alpha value is -2.16. The van der Waals surface area contributed by atoms with Gasteiger partial charge in [0.1, 0.15) is 0 Å². The van der Waals surface area contributed by atoms with E-state index in [9.17, 15) is 0 Å². The molecule has 2 aliphatic rings. The van der Waals surface area contributed by atoms with E-state index in [2.05, 4.69) is 45.0 Å². The van der Waals surface area contributed by atoms with Crippen LogP contribution in [0.3, 0.4) is 0 Å². The number of piperidine rings is 1. The Morgan fingerprint density at radius 2 is 2.24 bits per heavy atom. The Bertz CT molecular complexity index is 748. The molecule has 2 aromatic rings. The number of fused-ring (bicyclic) bond motifs is 1. The molecule has 0 radical (unpaired) electrons. The van der Waals surface area contributed by atoms with Crippen molar-refractivity contribution in [1.29, 1.82) is 5.26 Å². The Balaban J connectivity index is 1.38. The van der Waals surface area contributed by atoms with Crippen LogP contribution in [0.4, 0.5) is 0 Å². The van der Waals surface area contributed by atoms with E-state index >= 15 is 0 Å².